The summed E-state index contributed by atoms with van der Waals surface area (Å²) in [5.74, 6) is -1.02. The standard InChI is InChI=1S/C14H12FN3O/c15-11-3-1-2-10(8-11)14(19)18-13(17)9-4-6-12(16)7-5-9/h1-8H,16H2,(H2,17,18,19). The first-order valence-electron chi connectivity index (χ1n) is 5.56. The van der Waals surface area contributed by atoms with Crippen LogP contribution in [-0.4, -0.2) is 11.7 Å². The highest BCUT2D eigenvalue weighted by atomic mass is 19.1. The van der Waals surface area contributed by atoms with Crippen LogP contribution in [0.1, 0.15) is 15.9 Å². The number of hydrogen-bond donors (Lipinski definition) is 2. The highest BCUT2D eigenvalue weighted by Crippen LogP contribution is 2.08. The van der Waals surface area contributed by atoms with Crippen LogP contribution in [0.4, 0.5) is 10.1 Å². The number of aliphatic imine (C=N–C) groups is 1. The Kier molecular flexibility index (Phi) is 3.56. The summed E-state index contributed by atoms with van der Waals surface area (Å²) in [5, 5.41) is 0. The molecular formula is C14H12FN3O. The number of amidine groups is 1. The third-order valence-electron chi connectivity index (χ3n) is 2.50. The summed E-state index contributed by atoms with van der Waals surface area (Å²) in [6.07, 6.45) is 0. The Morgan fingerprint density at radius 3 is 2.37 bits per heavy atom. The zero-order valence-corrected chi connectivity index (χ0v) is 10.0. The summed E-state index contributed by atoms with van der Waals surface area (Å²) in [6, 6.07) is 11.9. The molecule has 0 aliphatic heterocycles. The van der Waals surface area contributed by atoms with Gasteiger partial charge >= 0.3 is 0 Å². The smallest absolute Gasteiger partial charge is 0.279 e. The number of carbonyl (C=O) groups excluding carboxylic acids is 1. The summed E-state index contributed by atoms with van der Waals surface area (Å²) in [7, 11) is 0. The van der Waals surface area contributed by atoms with Gasteiger partial charge in [-0.25, -0.2) is 4.39 Å². The zero-order chi connectivity index (χ0) is 13.8. The molecule has 2 aromatic rings. The minimum Gasteiger partial charge on any atom is -0.399 e. The van der Waals surface area contributed by atoms with Gasteiger partial charge in [0.2, 0.25) is 0 Å². The molecule has 0 unspecified atom stereocenters. The van der Waals surface area contributed by atoms with Gasteiger partial charge in [-0.05, 0) is 42.5 Å². The number of nitrogen functional groups attached to an aromatic ring is 1. The fourth-order valence-corrected chi connectivity index (χ4v) is 1.51. The molecule has 0 spiro atoms. The van der Waals surface area contributed by atoms with Gasteiger partial charge in [0.1, 0.15) is 11.7 Å². The number of rotatable bonds is 2. The average Bonchev–Trinajstić information content (AvgIpc) is 2.39. The van der Waals surface area contributed by atoms with Crippen molar-refractivity contribution in [2.24, 2.45) is 10.7 Å². The largest absolute Gasteiger partial charge is 0.399 e. The molecule has 0 aliphatic rings. The summed E-state index contributed by atoms with van der Waals surface area (Å²) in [5.41, 5.74) is 12.6. The first-order chi connectivity index (χ1) is 9.06. The highest BCUT2D eigenvalue weighted by molar-refractivity contribution is 6.08. The van der Waals surface area contributed by atoms with E-state index in [0.29, 0.717) is 11.3 Å². The molecule has 2 aromatic carbocycles. The van der Waals surface area contributed by atoms with E-state index in [1.165, 1.54) is 18.2 Å². The predicted octanol–water partition coefficient (Wildman–Crippen LogP) is 1.95. The normalized spacial score (nSPS) is 11.3. The first-order valence-corrected chi connectivity index (χ1v) is 5.56. The van der Waals surface area contributed by atoms with Gasteiger partial charge < -0.3 is 11.5 Å². The number of halogens is 1. The van der Waals surface area contributed by atoms with Gasteiger partial charge in [-0.3, -0.25) is 4.79 Å². The summed E-state index contributed by atoms with van der Waals surface area (Å²) >= 11 is 0. The molecule has 0 radical (unpaired) electrons. The van der Waals surface area contributed by atoms with E-state index in [1.54, 1.807) is 24.3 Å². The third-order valence-corrected chi connectivity index (χ3v) is 2.50. The molecule has 0 saturated carbocycles. The molecule has 5 heteroatoms. The maximum absolute atomic E-state index is 13.0. The van der Waals surface area contributed by atoms with Gasteiger partial charge in [0.25, 0.3) is 5.91 Å². The summed E-state index contributed by atoms with van der Waals surface area (Å²) < 4.78 is 13.0. The molecular weight excluding hydrogens is 245 g/mol. The van der Waals surface area contributed by atoms with Gasteiger partial charge in [-0.2, -0.15) is 4.99 Å². The van der Waals surface area contributed by atoms with Crippen LogP contribution in [-0.2, 0) is 0 Å². The van der Waals surface area contributed by atoms with Crippen molar-refractivity contribution in [2.75, 3.05) is 5.73 Å². The van der Waals surface area contributed by atoms with Crippen molar-refractivity contribution >= 4 is 17.4 Å². The van der Waals surface area contributed by atoms with Crippen molar-refractivity contribution in [3.8, 4) is 0 Å². The SMILES string of the molecule is NC(=NC(=O)c1cccc(F)c1)c1ccc(N)cc1. The molecule has 0 aliphatic carbocycles. The van der Waals surface area contributed by atoms with Crippen LogP contribution in [0.25, 0.3) is 0 Å². The summed E-state index contributed by atoms with van der Waals surface area (Å²) in [6.45, 7) is 0. The third kappa shape index (κ3) is 3.16. The Morgan fingerprint density at radius 1 is 1.05 bits per heavy atom. The topological polar surface area (TPSA) is 81.5 Å². The Morgan fingerprint density at radius 2 is 1.74 bits per heavy atom. The lowest BCUT2D eigenvalue weighted by Crippen LogP contribution is -2.16. The van der Waals surface area contributed by atoms with Crippen LogP contribution in [0.15, 0.2) is 53.5 Å². The van der Waals surface area contributed by atoms with E-state index in [0.717, 1.165) is 6.07 Å². The van der Waals surface area contributed by atoms with Gasteiger partial charge in [0.15, 0.2) is 0 Å². The Balaban J connectivity index is 2.25. The van der Waals surface area contributed by atoms with Crippen LogP contribution in [0.5, 0.6) is 0 Å². The average molecular weight is 257 g/mol. The number of hydrogen-bond acceptors (Lipinski definition) is 2. The molecule has 0 atom stereocenters. The monoisotopic (exact) mass is 257 g/mol. The van der Waals surface area contributed by atoms with Crippen molar-refractivity contribution < 1.29 is 9.18 Å². The van der Waals surface area contributed by atoms with Crippen molar-refractivity contribution in [2.45, 2.75) is 0 Å². The van der Waals surface area contributed by atoms with Crippen LogP contribution in [0.3, 0.4) is 0 Å². The number of nitrogens with zero attached hydrogens (tertiary/aromatic N) is 1. The van der Waals surface area contributed by atoms with Crippen molar-refractivity contribution in [1.82, 2.24) is 0 Å². The van der Waals surface area contributed by atoms with E-state index in [2.05, 4.69) is 4.99 Å². The first kappa shape index (κ1) is 12.8. The lowest BCUT2D eigenvalue weighted by molar-refractivity contribution is 0.100. The maximum Gasteiger partial charge on any atom is 0.279 e. The number of amides is 1. The highest BCUT2D eigenvalue weighted by Gasteiger charge is 2.07. The van der Waals surface area contributed by atoms with Crippen LogP contribution < -0.4 is 11.5 Å². The van der Waals surface area contributed by atoms with Crippen LogP contribution in [0.2, 0.25) is 0 Å². The van der Waals surface area contributed by atoms with Gasteiger partial charge in [0.05, 0.1) is 0 Å². The van der Waals surface area contributed by atoms with Crippen LogP contribution >= 0.6 is 0 Å². The zero-order valence-electron chi connectivity index (χ0n) is 10.0. The minimum absolute atomic E-state index is 0.0641. The molecule has 0 saturated heterocycles. The van der Waals surface area contributed by atoms with E-state index in [1.807, 2.05) is 0 Å². The number of anilines is 1. The van der Waals surface area contributed by atoms with Gasteiger partial charge in [-0.15, -0.1) is 0 Å². The van der Waals surface area contributed by atoms with E-state index in [9.17, 15) is 9.18 Å². The van der Waals surface area contributed by atoms with E-state index in [-0.39, 0.29) is 11.4 Å². The number of nitrogens with two attached hydrogens (primary N) is 2. The fourth-order valence-electron chi connectivity index (χ4n) is 1.51. The van der Waals surface area contributed by atoms with E-state index < -0.39 is 11.7 Å². The van der Waals surface area contributed by atoms with Crippen molar-refractivity contribution in [3.05, 3.63) is 65.5 Å². The Labute approximate surface area is 109 Å². The molecule has 4 nitrogen and oxygen atoms in total. The van der Waals surface area contributed by atoms with Crippen LogP contribution in [0, 0.1) is 5.82 Å². The summed E-state index contributed by atoms with van der Waals surface area (Å²) in [4.78, 5) is 15.5. The Hall–Kier alpha value is -2.69. The molecule has 0 bridgehead atoms. The van der Waals surface area contributed by atoms with E-state index in [4.69, 9.17) is 11.5 Å². The molecule has 0 aromatic heterocycles. The lowest BCUT2D eigenvalue weighted by atomic mass is 10.2. The molecule has 0 fully saturated rings. The molecule has 0 heterocycles. The molecule has 4 N–H and O–H groups in total. The number of benzene rings is 2. The second kappa shape index (κ2) is 5.30. The van der Waals surface area contributed by atoms with Crippen molar-refractivity contribution in [1.29, 1.82) is 0 Å². The molecule has 19 heavy (non-hydrogen) atoms. The Bertz CT molecular complexity index is 635. The molecule has 1 amide bonds. The quantitative estimate of drug-likeness (QED) is 0.490. The fraction of sp³-hybridized carbons (Fsp3) is 0. The molecule has 96 valence electrons. The maximum atomic E-state index is 13.0. The van der Waals surface area contributed by atoms with Gasteiger partial charge in [-0.1, -0.05) is 6.07 Å². The molecule has 2 rings (SSSR count). The van der Waals surface area contributed by atoms with E-state index >= 15 is 0 Å². The van der Waals surface area contributed by atoms with Gasteiger partial charge in [0, 0.05) is 16.8 Å². The predicted molar refractivity (Wildman–Crippen MR) is 72.3 cm³/mol. The minimum atomic E-state index is -0.589. The second-order valence-electron chi connectivity index (χ2n) is 3.93. The van der Waals surface area contributed by atoms with Crippen molar-refractivity contribution in [3.63, 3.8) is 0 Å². The number of carbonyl (C=O) groups is 1. The second-order valence-corrected chi connectivity index (χ2v) is 3.93. The lowest BCUT2D eigenvalue weighted by Gasteiger charge is -2.01.